The molecule has 1 amide bonds. The summed E-state index contributed by atoms with van der Waals surface area (Å²) in [4.78, 5) is 28.8. The molecule has 1 unspecified atom stereocenters. The van der Waals surface area contributed by atoms with Gasteiger partial charge in [-0.1, -0.05) is 39.0 Å². The number of hydrogen-bond acceptors (Lipinski definition) is 3. The largest absolute Gasteiger partial charge is 0.325 e. The van der Waals surface area contributed by atoms with Gasteiger partial charge < -0.3 is 9.88 Å². The number of amides is 1. The molecule has 1 heterocycles. The van der Waals surface area contributed by atoms with Crippen LogP contribution >= 0.6 is 0 Å². The zero-order valence-corrected chi connectivity index (χ0v) is 12.4. The Bertz CT molecular complexity index is 613. The molecule has 5 heteroatoms. The summed E-state index contributed by atoms with van der Waals surface area (Å²) in [5, 5.41) is 2.78. The maximum absolute atomic E-state index is 12.6. The Hall–Kier alpha value is -2.43. The Labute approximate surface area is 124 Å². The monoisotopic (exact) mass is 285 g/mol. The van der Waals surface area contributed by atoms with E-state index in [2.05, 4.69) is 10.3 Å². The second-order valence-electron chi connectivity index (χ2n) is 5.87. The Kier molecular flexibility index (Phi) is 4.21. The van der Waals surface area contributed by atoms with Crippen molar-refractivity contribution in [2.45, 2.75) is 26.9 Å². The first-order valence-electron chi connectivity index (χ1n) is 6.77. The van der Waals surface area contributed by atoms with Gasteiger partial charge in [-0.15, -0.1) is 0 Å². The molecule has 2 aromatic rings. The number of carbonyl (C=O) groups is 2. The van der Waals surface area contributed by atoms with Crippen LogP contribution in [0, 0.1) is 5.41 Å². The Morgan fingerprint density at radius 1 is 1.19 bits per heavy atom. The Balaban J connectivity index is 2.25. The minimum Gasteiger partial charge on any atom is -0.325 e. The van der Waals surface area contributed by atoms with Crippen LogP contribution in [0.4, 0.5) is 0 Å². The highest BCUT2D eigenvalue weighted by molar-refractivity contribution is 5.98. The molecule has 21 heavy (non-hydrogen) atoms. The van der Waals surface area contributed by atoms with Crippen LogP contribution in [0.2, 0.25) is 0 Å². The lowest BCUT2D eigenvalue weighted by molar-refractivity contribution is -0.130. The van der Waals surface area contributed by atoms with Gasteiger partial charge in [-0.3, -0.25) is 9.59 Å². The van der Waals surface area contributed by atoms with E-state index in [4.69, 9.17) is 0 Å². The molecular formula is C16H19N3O2. The molecule has 110 valence electrons. The van der Waals surface area contributed by atoms with Crippen molar-refractivity contribution < 1.29 is 9.59 Å². The van der Waals surface area contributed by atoms with Crippen molar-refractivity contribution in [2.24, 2.45) is 5.41 Å². The highest BCUT2D eigenvalue weighted by atomic mass is 16.2. The van der Waals surface area contributed by atoms with Crippen molar-refractivity contribution in [3.05, 3.63) is 54.6 Å². The van der Waals surface area contributed by atoms with Gasteiger partial charge in [0.15, 0.2) is 11.9 Å². The van der Waals surface area contributed by atoms with E-state index in [0.717, 1.165) is 0 Å². The summed E-state index contributed by atoms with van der Waals surface area (Å²) in [7, 11) is 0. The first-order chi connectivity index (χ1) is 9.89. The number of benzene rings is 1. The number of ketones is 1. The van der Waals surface area contributed by atoms with Crippen LogP contribution in [0.1, 0.15) is 37.3 Å². The smallest absolute Gasteiger partial charge is 0.253 e. The van der Waals surface area contributed by atoms with E-state index in [1.165, 1.54) is 6.33 Å². The Morgan fingerprint density at radius 3 is 2.38 bits per heavy atom. The molecule has 0 saturated heterocycles. The van der Waals surface area contributed by atoms with Crippen LogP contribution in [0.25, 0.3) is 0 Å². The molecular weight excluding hydrogens is 266 g/mol. The lowest BCUT2D eigenvalue weighted by atomic mass is 9.89. The van der Waals surface area contributed by atoms with E-state index >= 15 is 0 Å². The van der Waals surface area contributed by atoms with Gasteiger partial charge in [-0.05, 0) is 12.1 Å². The number of rotatable bonds is 4. The molecule has 0 bridgehead atoms. The molecule has 0 saturated carbocycles. The van der Waals surface area contributed by atoms with E-state index in [0.29, 0.717) is 5.56 Å². The maximum atomic E-state index is 12.6. The van der Waals surface area contributed by atoms with E-state index < -0.39 is 11.6 Å². The van der Waals surface area contributed by atoms with Crippen molar-refractivity contribution in [2.75, 3.05) is 0 Å². The average molecular weight is 285 g/mol. The third kappa shape index (κ3) is 3.56. The molecule has 1 aromatic carbocycles. The van der Waals surface area contributed by atoms with Gasteiger partial charge in [0.1, 0.15) is 0 Å². The fourth-order valence-electron chi connectivity index (χ4n) is 1.90. The summed E-state index contributed by atoms with van der Waals surface area (Å²) in [6.45, 7) is 5.48. The first-order valence-corrected chi connectivity index (χ1v) is 6.77. The number of aromatic nitrogens is 2. The van der Waals surface area contributed by atoms with E-state index in [1.807, 2.05) is 26.8 Å². The first kappa shape index (κ1) is 15.0. The standard InChI is InChI=1S/C16H19N3O2/c1-16(2,3)13(20)14(19-10-9-17-11-19)18-15(21)12-7-5-4-6-8-12/h4-11,14H,1-3H3,(H,18,21). The number of hydrogen-bond donors (Lipinski definition) is 1. The molecule has 5 nitrogen and oxygen atoms in total. The quantitative estimate of drug-likeness (QED) is 0.938. The van der Waals surface area contributed by atoms with Crippen LogP contribution in [0.5, 0.6) is 0 Å². The van der Waals surface area contributed by atoms with Gasteiger partial charge in [0, 0.05) is 23.4 Å². The molecule has 0 fully saturated rings. The summed E-state index contributed by atoms with van der Waals surface area (Å²) >= 11 is 0. The number of imidazole rings is 1. The van der Waals surface area contributed by atoms with Gasteiger partial charge in [0.05, 0.1) is 6.33 Å². The second kappa shape index (κ2) is 5.91. The summed E-state index contributed by atoms with van der Waals surface area (Å²) in [6, 6.07) is 8.83. The molecule has 2 rings (SSSR count). The van der Waals surface area contributed by atoms with E-state index in [-0.39, 0.29) is 11.7 Å². The minimum absolute atomic E-state index is 0.0789. The molecule has 1 N–H and O–H groups in total. The van der Waals surface area contributed by atoms with Gasteiger partial charge in [-0.25, -0.2) is 4.98 Å². The number of Topliss-reactive ketones (excluding diaryl/α,β-unsaturated/α-hetero) is 1. The van der Waals surface area contributed by atoms with Crippen LogP contribution in [0.3, 0.4) is 0 Å². The van der Waals surface area contributed by atoms with Crippen LogP contribution in [-0.4, -0.2) is 21.2 Å². The zero-order valence-electron chi connectivity index (χ0n) is 12.4. The summed E-state index contributed by atoms with van der Waals surface area (Å²) < 4.78 is 1.61. The van der Waals surface area contributed by atoms with Crippen molar-refractivity contribution in [1.82, 2.24) is 14.9 Å². The molecule has 0 radical (unpaired) electrons. The highest BCUT2D eigenvalue weighted by Crippen LogP contribution is 2.22. The minimum atomic E-state index is -0.764. The fraction of sp³-hybridized carbons (Fsp3) is 0.312. The highest BCUT2D eigenvalue weighted by Gasteiger charge is 2.32. The van der Waals surface area contributed by atoms with Crippen molar-refractivity contribution in [3.8, 4) is 0 Å². The molecule has 0 aliphatic rings. The third-order valence-electron chi connectivity index (χ3n) is 3.11. The Morgan fingerprint density at radius 2 is 1.86 bits per heavy atom. The fourth-order valence-corrected chi connectivity index (χ4v) is 1.90. The summed E-state index contributed by atoms with van der Waals surface area (Å²) in [6.07, 6.45) is 4.01. The molecule has 1 aromatic heterocycles. The second-order valence-corrected chi connectivity index (χ2v) is 5.87. The molecule has 0 spiro atoms. The predicted molar refractivity (Wildman–Crippen MR) is 79.6 cm³/mol. The predicted octanol–water partition coefficient (Wildman–Crippen LogP) is 2.43. The van der Waals surface area contributed by atoms with Crippen molar-refractivity contribution in [1.29, 1.82) is 0 Å². The van der Waals surface area contributed by atoms with Crippen LogP contribution in [0.15, 0.2) is 49.1 Å². The van der Waals surface area contributed by atoms with Crippen molar-refractivity contribution >= 4 is 11.7 Å². The lowest BCUT2D eigenvalue weighted by Gasteiger charge is -2.26. The summed E-state index contributed by atoms with van der Waals surface area (Å²) in [5.41, 5.74) is -0.0526. The topological polar surface area (TPSA) is 64.0 Å². The van der Waals surface area contributed by atoms with E-state index in [9.17, 15) is 9.59 Å². The SMILES string of the molecule is CC(C)(C)C(=O)C(NC(=O)c1ccccc1)n1ccnc1. The summed E-state index contributed by atoms with van der Waals surface area (Å²) in [5.74, 6) is -0.364. The van der Waals surface area contributed by atoms with Gasteiger partial charge >= 0.3 is 0 Å². The van der Waals surface area contributed by atoms with Crippen molar-refractivity contribution in [3.63, 3.8) is 0 Å². The number of carbonyl (C=O) groups excluding carboxylic acids is 2. The van der Waals surface area contributed by atoms with Crippen LogP contribution in [-0.2, 0) is 4.79 Å². The van der Waals surface area contributed by atoms with Gasteiger partial charge in [-0.2, -0.15) is 0 Å². The van der Waals surface area contributed by atoms with Crippen LogP contribution < -0.4 is 5.32 Å². The molecule has 0 aliphatic heterocycles. The molecule has 0 aliphatic carbocycles. The third-order valence-corrected chi connectivity index (χ3v) is 3.11. The zero-order chi connectivity index (χ0) is 15.5. The molecule has 1 atom stereocenters. The van der Waals surface area contributed by atoms with E-state index in [1.54, 1.807) is 41.2 Å². The normalized spacial score (nSPS) is 12.7. The number of nitrogens with one attached hydrogen (secondary N) is 1. The lowest BCUT2D eigenvalue weighted by Crippen LogP contribution is -2.42. The number of nitrogens with zero attached hydrogens (tertiary/aromatic N) is 2. The average Bonchev–Trinajstić information content (AvgIpc) is 2.97. The van der Waals surface area contributed by atoms with Gasteiger partial charge in [0.25, 0.3) is 5.91 Å². The van der Waals surface area contributed by atoms with Gasteiger partial charge in [0.2, 0.25) is 0 Å². The maximum Gasteiger partial charge on any atom is 0.253 e.